The van der Waals surface area contributed by atoms with E-state index in [1.807, 2.05) is 30.3 Å². The normalized spacial score (nSPS) is 13.8. The predicted molar refractivity (Wildman–Crippen MR) is 130 cm³/mol. The molecule has 1 aliphatic rings. The highest BCUT2D eigenvalue weighted by atomic mass is 32.1. The van der Waals surface area contributed by atoms with Crippen molar-refractivity contribution in [1.82, 2.24) is 5.43 Å². The maximum absolute atomic E-state index is 12.8. The summed E-state index contributed by atoms with van der Waals surface area (Å²) in [6.07, 6.45) is 2.22. The highest BCUT2D eigenvalue weighted by molar-refractivity contribution is 7.80. The monoisotopic (exact) mass is 463 g/mol. The summed E-state index contributed by atoms with van der Waals surface area (Å²) in [5.41, 5.74) is 6.13. The number of nitrogens with one attached hydrogen (secondary N) is 3. The van der Waals surface area contributed by atoms with Gasteiger partial charge in [0.05, 0.1) is 10.6 Å². The van der Waals surface area contributed by atoms with Crippen LogP contribution in [0.2, 0.25) is 0 Å². The second-order valence-electron chi connectivity index (χ2n) is 7.46. The van der Waals surface area contributed by atoms with Crippen molar-refractivity contribution in [3.63, 3.8) is 0 Å². The van der Waals surface area contributed by atoms with Gasteiger partial charge in [0.1, 0.15) is 5.76 Å². The summed E-state index contributed by atoms with van der Waals surface area (Å²) in [4.78, 5) is 23.3. The number of carbonyl (C=O) groups excluding carboxylic acids is 1. The number of furan rings is 1. The van der Waals surface area contributed by atoms with Crippen LogP contribution in [0.3, 0.4) is 0 Å². The van der Waals surface area contributed by atoms with Crippen LogP contribution in [0.5, 0.6) is 0 Å². The second kappa shape index (κ2) is 9.61. The molecular formula is C23H21N5O4S. The van der Waals surface area contributed by atoms with Crippen molar-refractivity contribution in [3.05, 3.63) is 87.4 Å². The summed E-state index contributed by atoms with van der Waals surface area (Å²) >= 11 is 5.32. The van der Waals surface area contributed by atoms with Gasteiger partial charge in [0.2, 0.25) is 0 Å². The van der Waals surface area contributed by atoms with Crippen LogP contribution >= 0.6 is 12.2 Å². The van der Waals surface area contributed by atoms with Crippen LogP contribution in [0, 0.1) is 17.0 Å². The van der Waals surface area contributed by atoms with Gasteiger partial charge in [-0.15, -0.1) is 0 Å². The van der Waals surface area contributed by atoms with Gasteiger partial charge in [-0.05, 0) is 50.2 Å². The first-order valence-electron chi connectivity index (χ1n) is 10.3. The molecule has 2 aromatic carbocycles. The number of carbonyl (C=O) groups is 1. The molecule has 3 N–H and O–H groups in total. The number of nitro benzene ring substituents is 1. The Morgan fingerprint density at radius 1 is 1.09 bits per heavy atom. The van der Waals surface area contributed by atoms with E-state index in [1.54, 1.807) is 13.0 Å². The largest absolute Gasteiger partial charge is 0.455 e. The lowest BCUT2D eigenvalue weighted by Crippen LogP contribution is -2.26. The summed E-state index contributed by atoms with van der Waals surface area (Å²) < 4.78 is 5.88. The van der Waals surface area contributed by atoms with E-state index < -0.39 is 10.8 Å². The van der Waals surface area contributed by atoms with Crippen molar-refractivity contribution in [3.8, 4) is 0 Å². The Balaban J connectivity index is 1.51. The van der Waals surface area contributed by atoms with E-state index in [0.717, 1.165) is 23.4 Å². The fraction of sp³-hybridized carbons (Fsp3) is 0.174. The number of hydrogen-bond acceptors (Lipinski definition) is 6. The minimum atomic E-state index is -0.515. The van der Waals surface area contributed by atoms with Crippen molar-refractivity contribution < 1.29 is 14.1 Å². The third-order valence-corrected chi connectivity index (χ3v) is 5.36. The Hall–Kier alpha value is -4.05. The number of hydrogen-bond donors (Lipinski definition) is 3. The van der Waals surface area contributed by atoms with Crippen molar-refractivity contribution in [2.75, 3.05) is 10.6 Å². The summed E-state index contributed by atoms with van der Waals surface area (Å²) in [7, 11) is 0. The quantitative estimate of drug-likeness (QED) is 0.283. The zero-order valence-corrected chi connectivity index (χ0v) is 18.6. The number of anilines is 2. The van der Waals surface area contributed by atoms with Gasteiger partial charge < -0.3 is 15.1 Å². The molecule has 1 heterocycles. The highest BCUT2D eigenvalue weighted by Crippen LogP contribution is 2.30. The minimum absolute atomic E-state index is 0.108. The topological polar surface area (TPSA) is 122 Å². The van der Waals surface area contributed by atoms with E-state index in [9.17, 15) is 14.9 Å². The first-order valence-corrected chi connectivity index (χ1v) is 10.7. The van der Waals surface area contributed by atoms with Crippen molar-refractivity contribution in [2.45, 2.75) is 26.2 Å². The van der Waals surface area contributed by atoms with E-state index in [0.29, 0.717) is 35.0 Å². The molecule has 168 valence electrons. The number of para-hydroxylation sites is 1. The fourth-order valence-corrected chi connectivity index (χ4v) is 3.84. The van der Waals surface area contributed by atoms with E-state index >= 15 is 0 Å². The smallest absolute Gasteiger partial charge is 0.291 e. The maximum Gasteiger partial charge on any atom is 0.291 e. The third-order valence-electron chi connectivity index (χ3n) is 5.17. The molecule has 33 heavy (non-hydrogen) atoms. The number of thiocarbonyl (C=S) groups is 1. The van der Waals surface area contributed by atoms with Gasteiger partial charge in [-0.25, -0.2) is 0 Å². The summed E-state index contributed by atoms with van der Waals surface area (Å²) in [5.74, 6) is 0.368. The fourth-order valence-electron chi connectivity index (χ4n) is 3.68. The molecule has 0 unspecified atom stereocenters. The lowest BCUT2D eigenvalue weighted by atomic mass is 9.93. The number of nitrogens with zero attached hydrogens (tertiary/aromatic N) is 2. The SMILES string of the molecule is Cc1c(C(=O)Nc2cccc([N+](=O)[O-])c2)oc2c1/C(=N/NC(=S)Nc1ccccc1)CCC2. The first-order chi connectivity index (χ1) is 15.9. The number of aryl methyl sites for hydroxylation is 1. The molecule has 0 aliphatic heterocycles. The van der Waals surface area contributed by atoms with Crippen LogP contribution in [-0.4, -0.2) is 21.7 Å². The summed E-state index contributed by atoms with van der Waals surface area (Å²) in [6, 6.07) is 15.3. The summed E-state index contributed by atoms with van der Waals surface area (Å²) in [5, 5.41) is 21.5. The number of nitro groups is 1. The van der Waals surface area contributed by atoms with Gasteiger partial charge >= 0.3 is 0 Å². The standard InChI is InChI=1S/C23H21N5O4S/c1-14-20-18(26-27-23(33)25-15-7-3-2-4-8-15)11-6-12-19(20)32-21(14)22(29)24-16-9-5-10-17(13-16)28(30)31/h2-5,7-10,13H,6,11-12H2,1H3,(H,24,29)(H2,25,27,33)/b26-18+. The van der Waals surface area contributed by atoms with E-state index in [-0.39, 0.29) is 11.4 Å². The van der Waals surface area contributed by atoms with Crippen LogP contribution in [0.4, 0.5) is 17.1 Å². The van der Waals surface area contributed by atoms with Gasteiger partial charge in [-0.3, -0.25) is 20.3 Å². The number of non-ortho nitro benzene ring substituents is 1. The molecular weight excluding hydrogens is 442 g/mol. The van der Waals surface area contributed by atoms with Crippen molar-refractivity contribution in [1.29, 1.82) is 0 Å². The van der Waals surface area contributed by atoms with Crippen LogP contribution in [0.1, 0.15) is 40.3 Å². The number of amides is 1. The zero-order chi connectivity index (χ0) is 23.4. The molecule has 4 rings (SSSR count). The van der Waals surface area contributed by atoms with Gasteiger partial charge in [0.25, 0.3) is 11.6 Å². The van der Waals surface area contributed by atoms with Crippen LogP contribution in [0.25, 0.3) is 0 Å². The van der Waals surface area contributed by atoms with Crippen LogP contribution < -0.4 is 16.1 Å². The van der Waals surface area contributed by atoms with Crippen LogP contribution in [0.15, 0.2) is 64.1 Å². The molecule has 10 heteroatoms. The van der Waals surface area contributed by atoms with Gasteiger partial charge in [0, 0.05) is 41.1 Å². The molecule has 0 saturated heterocycles. The lowest BCUT2D eigenvalue weighted by molar-refractivity contribution is -0.384. The van der Waals surface area contributed by atoms with Crippen LogP contribution in [-0.2, 0) is 6.42 Å². The van der Waals surface area contributed by atoms with Crippen molar-refractivity contribution in [2.24, 2.45) is 5.10 Å². The molecule has 0 saturated carbocycles. The molecule has 0 atom stereocenters. The number of rotatable bonds is 5. The Kier molecular flexibility index (Phi) is 6.45. The Labute approximate surface area is 195 Å². The second-order valence-corrected chi connectivity index (χ2v) is 7.87. The summed E-state index contributed by atoms with van der Waals surface area (Å²) in [6.45, 7) is 1.80. The van der Waals surface area contributed by atoms with Gasteiger partial charge in [-0.2, -0.15) is 5.10 Å². The zero-order valence-electron chi connectivity index (χ0n) is 17.8. The average molecular weight is 464 g/mol. The van der Waals surface area contributed by atoms with E-state index in [2.05, 4.69) is 21.2 Å². The Bertz CT molecular complexity index is 1250. The Morgan fingerprint density at radius 2 is 1.85 bits per heavy atom. The molecule has 1 aromatic heterocycles. The highest BCUT2D eigenvalue weighted by Gasteiger charge is 2.28. The molecule has 9 nitrogen and oxygen atoms in total. The third kappa shape index (κ3) is 5.07. The molecule has 0 radical (unpaired) electrons. The van der Waals surface area contributed by atoms with E-state index in [1.165, 1.54) is 18.2 Å². The number of hydrazone groups is 1. The van der Waals surface area contributed by atoms with Crippen molar-refractivity contribution >= 4 is 46.0 Å². The molecule has 0 fully saturated rings. The predicted octanol–water partition coefficient (Wildman–Crippen LogP) is 4.78. The number of benzene rings is 2. The molecule has 0 bridgehead atoms. The average Bonchev–Trinajstić information content (AvgIpc) is 3.16. The molecule has 3 aromatic rings. The molecule has 0 spiro atoms. The Morgan fingerprint density at radius 3 is 2.61 bits per heavy atom. The lowest BCUT2D eigenvalue weighted by Gasteiger charge is -2.14. The van der Waals surface area contributed by atoms with E-state index in [4.69, 9.17) is 16.6 Å². The molecule has 1 amide bonds. The van der Waals surface area contributed by atoms with Gasteiger partial charge in [-0.1, -0.05) is 24.3 Å². The first kappa shape index (κ1) is 22.2. The maximum atomic E-state index is 12.8. The molecule has 1 aliphatic carbocycles. The number of fused-ring (bicyclic) bond motifs is 1. The minimum Gasteiger partial charge on any atom is -0.455 e. The van der Waals surface area contributed by atoms with Gasteiger partial charge in [0.15, 0.2) is 10.9 Å².